The van der Waals surface area contributed by atoms with Gasteiger partial charge in [-0.15, -0.1) is 0 Å². The zero-order valence-electron chi connectivity index (χ0n) is 20.3. The van der Waals surface area contributed by atoms with Crippen molar-refractivity contribution in [3.05, 3.63) is 76.9 Å². The van der Waals surface area contributed by atoms with Crippen molar-refractivity contribution >= 4 is 5.91 Å². The molecule has 0 fully saturated rings. The van der Waals surface area contributed by atoms with Crippen molar-refractivity contribution in [2.24, 2.45) is 5.73 Å². The summed E-state index contributed by atoms with van der Waals surface area (Å²) in [6.07, 6.45) is 0.781. The Labute approximate surface area is 200 Å². The first kappa shape index (κ1) is 24.9. The number of hydrogen-bond acceptors (Lipinski definition) is 6. The Kier molecular flexibility index (Phi) is 8.38. The van der Waals surface area contributed by atoms with Gasteiger partial charge in [0.15, 0.2) is 11.5 Å². The summed E-state index contributed by atoms with van der Waals surface area (Å²) >= 11 is 0. The van der Waals surface area contributed by atoms with Crippen LogP contribution in [0, 0.1) is 6.92 Å². The molecule has 0 radical (unpaired) electrons. The van der Waals surface area contributed by atoms with Gasteiger partial charge in [0.2, 0.25) is 11.5 Å². The lowest BCUT2D eigenvalue weighted by Gasteiger charge is -2.21. The topological polar surface area (TPSA) is 92.0 Å². The van der Waals surface area contributed by atoms with Gasteiger partial charge in [-0.05, 0) is 50.1 Å². The molecule has 3 N–H and O–H groups in total. The molecule has 3 rings (SSSR count). The molecular formula is C27H32N2O5. The van der Waals surface area contributed by atoms with Gasteiger partial charge in [-0.1, -0.05) is 42.0 Å². The summed E-state index contributed by atoms with van der Waals surface area (Å²) in [6, 6.07) is 17.0. The molecule has 0 aliphatic heterocycles. The summed E-state index contributed by atoms with van der Waals surface area (Å²) in [5, 5.41) is 3.03. The highest BCUT2D eigenvalue weighted by molar-refractivity contribution is 5.99. The number of carbonyl (C=O) groups excluding carboxylic acids is 1. The number of amides is 1. The molecule has 180 valence electrons. The molecule has 1 amide bonds. The Morgan fingerprint density at radius 1 is 0.912 bits per heavy atom. The second-order valence-electron chi connectivity index (χ2n) is 7.91. The number of nitrogens with one attached hydrogen (secondary N) is 1. The summed E-state index contributed by atoms with van der Waals surface area (Å²) in [4.78, 5) is 13.3. The van der Waals surface area contributed by atoms with E-state index in [0.29, 0.717) is 23.8 Å². The third kappa shape index (κ3) is 5.61. The quantitative estimate of drug-likeness (QED) is 0.448. The predicted octanol–water partition coefficient (Wildman–Crippen LogP) is 4.81. The number of rotatable bonds is 10. The summed E-state index contributed by atoms with van der Waals surface area (Å²) in [7, 11) is 4.48. The molecule has 0 aromatic heterocycles. The van der Waals surface area contributed by atoms with Crippen molar-refractivity contribution in [2.75, 3.05) is 27.9 Å². The second kappa shape index (κ2) is 11.4. The molecule has 0 unspecified atom stereocenters. The van der Waals surface area contributed by atoms with E-state index >= 15 is 0 Å². The zero-order chi connectivity index (χ0) is 24.7. The van der Waals surface area contributed by atoms with Crippen molar-refractivity contribution in [1.82, 2.24) is 5.32 Å². The van der Waals surface area contributed by atoms with Crippen LogP contribution in [0.2, 0.25) is 0 Å². The molecule has 0 saturated carbocycles. The molecule has 0 saturated heterocycles. The largest absolute Gasteiger partial charge is 0.492 e. The minimum Gasteiger partial charge on any atom is -0.492 e. The van der Waals surface area contributed by atoms with Gasteiger partial charge >= 0.3 is 0 Å². The predicted molar refractivity (Wildman–Crippen MR) is 132 cm³/mol. The van der Waals surface area contributed by atoms with Crippen LogP contribution < -0.4 is 30.0 Å². The molecule has 1 atom stereocenters. The van der Waals surface area contributed by atoms with Gasteiger partial charge in [-0.3, -0.25) is 4.79 Å². The van der Waals surface area contributed by atoms with Crippen molar-refractivity contribution < 1.29 is 23.7 Å². The lowest BCUT2D eigenvalue weighted by Crippen LogP contribution is -2.27. The van der Waals surface area contributed by atoms with Crippen molar-refractivity contribution in [3.63, 3.8) is 0 Å². The first-order valence-corrected chi connectivity index (χ1v) is 11.1. The van der Waals surface area contributed by atoms with Gasteiger partial charge < -0.3 is 30.0 Å². The summed E-state index contributed by atoms with van der Waals surface area (Å²) < 4.78 is 22.8. The first-order chi connectivity index (χ1) is 16.4. The third-order valence-corrected chi connectivity index (χ3v) is 5.52. The van der Waals surface area contributed by atoms with Gasteiger partial charge in [0, 0.05) is 6.07 Å². The van der Waals surface area contributed by atoms with Crippen molar-refractivity contribution in [2.45, 2.75) is 26.3 Å². The van der Waals surface area contributed by atoms with Crippen LogP contribution in [-0.4, -0.2) is 33.8 Å². The normalized spacial score (nSPS) is 11.5. The van der Waals surface area contributed by atoms with Gasteiger partial charge in [-0.2, -0.15) is 0 Å². The van der Waals surface area contributed by atoms with Crippen LogP contribution in [-0.2, 0) is 6.42 Å². The SMILES string of the molecule is COc1c(Oc2ccc(CCN)cc2)cc(C(=O)N[C@H](C)c2ccc(C)cc2)c(OC)c1OC. The maximum absolute atomic E-state index is 13.3. The van der Waals surface area contributed by atoms with Gasteiger partial charge in [0.25, 0.3) is 5.91 Å². The summed E-state index contributed by atoms with van der Waals surface area (Å²) in [5.74, 6) is 1.46. The number of hydrogen-bond donors (Lipinski definition) is 2. The minimum absolute atomic E-state index is 0.217. The fourth-order valence-electron chi connectivity index (χ4n) is 3.66. The van der Waals surface area contributed by atoms with E-state index in [-0.39, 0.29) is 29.0 Å². The van der Waals surface area contributed by atoms with Gasteiger partial charge in [0.1, 0.15) is 5.75 Å². The average Bonchev–Trinajstić information content (AvgIpc) is 2.84. The monoisotopic (exact) mass is 464 g/mol. The van der Waals surface area contributed by atoms with Crippen LogP contribution in [0.4, 0.5) is 0 Å². The highest BCUT2D eigenvalue weighted by Gasteiger charge is 2.26. The summed E-state index contributed by atoms with van der Waals surface area (Å²) in [5.41, 5.74) is 9.16. The van der Waals surface area contributed by atoms with Crippen LogP contribution in [0.25, 0.3) is 0 Å². The highest BCUT2D eigenvalue weighted by atomic mass is 16.5. The number of nitrogens with two attached hydrogens (primary N) is 1. The van der Waals surface area contributed by atoms with E-state index in [1.54, 1.807) is 6.07 Å². The number of ether oxygens (including phenoxy) is 4. The molecule has 3 aromatic carbocycles. The van der Waals surface area contributed by atoms with Crippen molar-refractivity contribution in [3.8, 4) is 28.7 Å². The zero-order valence-corrected chi connectivity index (χ0v) is 20.3. The smallest absolute Gasteiger partial charge is 0.255 e. The number of benzene rings is 3. The van der Waals surface area contributed by atoms with E-state index in [1.165, 1.54) is 21.3 Å². The number of carbonyl (C=O) groups is 1. The van der Waals surface area contributed by atoms with E-state index in [9.17, 15) is 4.79 Å². The Balaban J connectivity index is 1.96. The van der Waals surface area contributed by atoms with E-state index in [2.05, 4.69) is 5.32 Å². The first-order valence-electron chi connectivity index (χ1n) is 11.1. The standard InChI is InChI=1S/C27H32N2O5/c1-17-6-10-20(11-7-17)18(2)29-27(30)22-16-23(25(32-4)26(33-5)24(22)31-3)34-21-12-8-19(9-13-21)14-15-28/h6-13,16,18H,14-15,28H2,1-5H3,(H,29,30)/t18-/m1/s1. The molecule has 0 aliphatic rings. The van der Waals surface area contributed by atoms with E-state index in [0.717, 1.165) is 23.1 Å². The molecule has 3 aromatic rings. The maximum atomic E-state index is 13.3. The van der Waals surface area contributed by atoms with Crippen LogP contribution in [0.15, 0.2) is 54.6 Å². The van der Waals surface area contributed by atoms with Gasteiger partial charge in [0.05, 0.1) is 32.9 Å². The second-order valence-corrected chi connectivity index (χ2v) is 7.91. The molecule has 7 heteroatoms. The fraction of sp³-hybridized carbons (Fsp3) is 0.296. The third-order valence-electron chi connectivity index (χ3n) is 5.52. The molecular weight excluding hydrogens is 432 g/mol. The number of methoxy groups -OCH3 is 3. The van der Waals surface area contributed by atoms with Crippen molar-refractivity contribution in [1.29, 1.82) is 0 Å². The van der Waals surface area contributed by atoms with E-state index in [4.69, 9.17) is 24.7 Å². The minimum atomic E-state index is -0.325. The lowest BCUT2D eigenvalue weighted by molar-refractivity contribution is 0.0935. The highest BCUT2D eigenvalue weighted by Crippen LogP contribution is 2.48. The van der Waals surface area contributed by atoms with Crippen LogP contribution in [0.3, 0.4) is 0 Å². The molecule has 0 aliphatic carbocycles. The molecule has 0 spiro atoms. The average molecular weight is 465 g/mol. The van der Waals surface area contributed by atoms with Gasteiger partial charge in [-0.25, -0.2) is 0 Å². The molecule has 0 bridgehead atoms. The Bertz CT molecular complexity index is 1110. The number of aryl methyl sites for hydroxylation is 1. The maximum Gasteiger partial charge on any atom is 0.255 e. The molecule has 7 nitrogen and oxygen atoms in total. The van der Waals surface area contributed by atoms with Crippen LogP contribution in [0.1, 0.15) is 40.0 Å². The molecule has 34 heavy (non-hydrogen) atoms. The van der Waals surface area contributed by atoms with E-state index in [1.807, 2.05) is 62.4 Å². The Morgan fingerprint density at radius 3 is 2.09 bits per heavy atom. The van der Waals surface area contributed by atoms with Crippen LogP contribution >= 0.6 is 0 Å². The Hall–Kier alpha value is -3.71. The van der Waals surface area contributed by atoms with Crippen LogP contribution in [0.5, 0.6) is 28.7 Å². The lowest BCUT2D eigenvalue weighted by atomic mass is 10.1. The summed E-state index contributed by atoms with van der Waals surface area (Å²) in [6.45, 7) is 4.52. The Morgan fingerprint density at radius 2 is 1.53 bits per heavy atom. The fourth-order valence-corrected chi connectivity index (χ4v) is 3.66. The molecule has 0 heterocycles. The van der Waals surface area contributed by atoms with E-state index < -0.39 is 0 Å².